The van der Waals surface area contributed by atoms with Crippen molar-refractivity contribution in [1.29, 1.82) is 0 Å². The van der Waals surface area contributed by atoms with Gasteiger partial charge in [-0.25, -0.2) is 0 Å². The van der Waals surface area contributed by atoms with Crippen LogP contribution in [0.3, 0.4) is 0 Å². The van der Waals surface area contributed by atoms with Gasteiger partial charge in [-0.05, 0) is 82.2 Å². The van der Waals surface area contributed by atoms with E-state index in [2.05, 4.69) is 64.1 Å². The number of benzene rings is 2. The highest BCUT2D eigenvalue weighted by Gasteiger charge is 2.29. The Labute approximate surface area is 189 Å². The van der Waals surface area contributed by atoms with Crippen LogP contribution in [0.5, 0.6) is 5.75 Å². The molecule has 0 fully saturated rings. The molecule has 3 nitrogen and oxygen atoms in total. The zero-order chi connectivity index (χ0) is 22.4. The summed E-state index contributed by atoms with van der Waals surface area (Å²) in [6.45, 7) is 11.5. The second-order valence-corrected chi connectivity index (χ2v) is 10.1. The lowest BCUT2D eigenvalue weighted by Crippen LogP contribution is -2.40. The lowest BCUT2D eigenvalue weighted by molar-refractivity contribution is -0.0647. The van der Waals surface area contributed by atoms with Crippen molar-refractivity contribution < 1.29 is 9.47 Å². The van der Waals surface area contributed by atoms with E-state index >= 15 is 0 Å². The summed E-state index contributed by atoms with van der Waals surface area (Å²) in [4.78, 5) is 0. The van der Waals surface area contributed by atoms with Gasteiger partial charge in [-0.1, -0.05) is 55.8 Å². The van der Waals surface area contributed by atoms with Gasteiger partial charge in [0.05, 0.1) is 6.61 Å². The van der Waals surface area contributed by atoms with Crippen LogP contribution in [0.2, 0.25) is 0 Å². The number of rotatable bonds is 10. The summed E-state index contributed by atoms with van der Waals surface area (Å²) in [6.07, 6.45) is 9.25. The Morgan fingerprint density at radius 2 is 1.74 bits per heavy atom. The summed E-state index contributed by atoms with van der Waals surface area (Å²) in [5, 5.41) is 2.35. The largest absolute Gasteiger partial charge is 0.465 e. The predicted octanol–water partition coefficient (Wildman–Crippen LogP) is 7.34. The Morgan fingerprint density at radius 1 is 1.00 bits per heavy atom. The van der Waals surface area contributed by atoms with Crippen molar-refractivity contribution in [3.05, 3.63) is 53.6 Å². The third-order valence-electron chi connectivity index (χ3n) is 6.35. The summed E-state index contributed by atoms with van der Waals surface area (Å²) in [5.74, 6) is 1.74. The zero-order valence-electron chi connectivity index (χ0n) is 20.1. The minimum atomic E-state index is -0.292. The molecule has 3 rings (SSSR count). The Bertz CT molecular complexity index is 878. The maximum atomic E-state index is 6.63. The third-order valence-corrected chi connectivity index (χ3v) is 6.35. The second-order valence-electron chi connectivity index (χ2n) is 10.1. The molecular formula is C28H41NO2. The zero-order valence-corrected chi connectivity index (χ0v) is 20.1. The number of fused-ring (bicyclic) bond motifs is 1. The van der Waals surface area contributed by atoms with E-state index in [4.69, 9.17) is 15.2 Å². The van der Waals surface area contributed by atoms with E-state index in [0.717, 1.165) is 24.0 Å². The monoisotopic (exact) mass is 423 g/mol. The van der Waals surface area contributed by atoms with Crippen LogP contribution < -0.4 is 10.5 Å². The quantitative estimate of drug-likeness (QED) is 0.321. The molecule has 2 N–H and O–H groups in total. The van der Waals surface area contributed by atoms with E-state index in [1.165, 1.54) is 42.2 Å². The molecule has 2 aromatic carbocycles. The highest BCUT2D eigenvalue weighted by atomic mass is 16.7. The molecule has 0 saturated carbocycles. The molecule has 2 atom stereocenters. The minimum absolute atomic E-state index is 0.281. The minimum Gasteiger partial charge on any atom is -0.465 e. The van der Waals surface area contributed by atoms with Crippen LogP contribution in [0.25, 0.3) is 10.8 Å². The van der Waals surface area contributed by atoms with Gasteiger partial charge in [-0.15, -0.1) is 0 Å². The maximum absolute atomic E-state index is 6.63. The molecule has 2 unspecified atom stereocenters. The van der Waals surface area contributed by atoms with Gasteiger partial charge >= 0.3 is 0 Å². The van der Waals surface area contributed by atoms with E-state index in [0.29, 0.717) is 12.5 Å². The molecule has 0 aliphatic heterocycles. The first-order chi connectivity index (χ1) is 14.8. The highest BCUT2D eigenvalue weighted by Crippen LogP contribution is 2.39. The van der Waals surface area contributed by atoms with E-state index in [9.17, 15) is 0 Å². The van der Waals surface area contributed by atoms with Crippen LogP contribution in [0.15, 0.2) is 48.0 Å². The average molecular weight is 424 g/mol. The molecule has 0 saturated heterocycles. The molecule has 2 aromatic rings. The molecule has 3 heteroatoms. The van der Waals surface area contributed by atoms with Gasteiger partial charge in [0.2, 0.25) is 0 Å². The van der Waals surface area contributed by atoms with E-state index in [1.807, 2.05) is 13.0 Å². The SMILES string of the molecule is CC(C)CC(c1cccc2c(OC(C)OCCC3=CCCCC3)cccc12)C(C)(C)N. The summed E-state index contributed by atoms with van der Waals surface area (Å²) in [7, 11) is 0. The van der Waals surface area contributed by atoms with Crippen molar-refractivity contribution in [3.8, 4) is 5.75 Å². The Kier molecular flexibility index (Phi) is 8.18. The summed E-state index contributed by atoms with van der Waals surface area (Å²) in [6, 6.07) is 12.8. The Morgan fingerprint density at radius 3 is 2.42 bits per heavy atom. The molecule has 0 aromatic heterocycles. The first-order valence-corrected chi connectivity index (χ1v) is 12.0. The molecule has 1 aliphatic rings. The van der Waals surface area contributed by atoms with E-state index < -0.39 is 0 Å². The van der Waals surface area contributed by atoms with Crippen LogP contribution in [-0.4, -0.2) is 18.4 Å². The lowest BCUT2D eigenvalue weighted by atomic mass is 9.76. The van der Waals surface area contributed by atoms with E-state index in [-0.39, 0.29) is 17.7 Å². The van der Waals surface area contributed by atoms with Crippen LogP contribution in [0.4, 0.5) is 0 Å². The second kappa shape index (κ2) is 10.7. The number of nitrogens with two attached hydrogens (primary N) is 1. The first-order valence-electron chi connectivity index (χ1n) is 12.0. The fourth-order valence-corrected chi connectivity index (χ4v) is 4.72. The smallest absolute Gasteiger partial charge is 0.197 e. The van der Waals surface area contributed by atoms with E-state index in [1.54, 1.807) is 0 Å². The topological polar surface area (TPSA) is 44.5 Å². The van der Waals surface area contributed by atoms with Crippen LogP contribution in [0, 0.1) is 5.92 Å². The Hall–Kier alpha value is -1.84. The molecule has 0 heterocycles. The molecule has 31 heavy (non-hydrogen) atoms. The summed E-state index contributed by atoms with van der Waals surface area (Å²) < 4.78 is 12.2. The molecule has 0 spiro atoms. The van der Waals surface area contributed by atoms with Crippen molar-refractivity contribution in [1.82, 2.24) is 0 Å². The predicted molar refractivity (Wildman–Crippen MR) is 132 cm³/mol. The van der Waals surface area contributed by atoms with Gasteiger partial charge in [0.25, 0.3) is 0 Å². The van der Waals surface area contributed by atoms with Crippen molar-refractivity contribution in [2.75, 3.05) is 6.61 Å². The lowest BCUT2D eigenvalue weighted by Gasteiger charge is -2.33. The number of ether oxygens (including phenoxy) is 2. The maximum Gasteiger partial charge on any atom is 0.197 e. The third kappa shape index (κ3) is 6.57. The average Bonchev–Trinajstić information content (AvgIpc) is 2.72. The van der Waals surface area contributed by atoms with Gasteiger partial charge < -0.3 is 15.2 Å². The number of hydrogen-bond donors (Lipinski definition) is 1. The van der Waals surface area contributed by atoms with Crippen molar-refractivity contribution in [3.63, 3.8) is 0 Å². The van der Waals surface area contributed by atoms with Crippen LogP contribution >= 0.6 is 0 Å². The van der Waals surface area contributed by atoms with Gasteiger partial charge in [0, 0.05) is 16.8 Å². The first kappa shape index (κ1) is 23.8. The standard InChI is InChI=1S/C28H41NO2/c1-20(2)19-26(28(4,5)29)24-14-9-15-25-23(24)13-10-16-27(25)31-21(3)30-18-17-22-11-7-6-8-12-22/h9-11,13-16,20-21,26H,6-8,12,17-19,29H2,1-5H3. The van der Waals surface area contributed by atoms with Crippen molar-refractivity contribution in [2.45, 2.75) is 90.9 Å². The molecule has 0 bridgehead atoms. The Balaban J connectivity index is 1.76. The normalized spacial score (nSPS) is 16.9. The summed E-state index contributed by atoms with van der Waals surface area (Å²) >= 11 is 0. The van der Waals surface area contributed by atoms with Crippen LogP contribution in [0.1, 0.15) is 84.6 Å². The van der Waals surface area contributed by atoms with Gasteiger partial charge in [0.15, 0.2) is 6.29 Å². The molecule has 170 valence electrons. The fourth-order valence-electron chi connectivity index (χ4n) is 4.72. The number of allylic oxidation sites excluding steroid dienone is 1. The molecule has 0 radical (unpaired) electrons. The van der Waals surface area contributed by atoms with Gasteiger partial charge in [-0.2, -0.15) is 0 Å². The molecule has 1 aliphatic carbocycles. The summed E-state index contributed by atoms with van der Waals surface area (Å²) in [5.41, 5.74) is 9.18. The molecular weight excluding hydrogens is 382 g/mol. The van der Waals surface area contributed by atoms with Crippen molar-refractivity contribution in [2.24, 2.45) is 11.7 Å². The molecule has 0 amide bonds. The van der Waals surface area contributed by atoms with Crippen molar-refractivity contribution >= 4 is 10.8 Å². The van der Waals surface area contributed by atoms with Gasteiger partial charge in [0.1, 0.15) is 5.75 Å². The van der Waals surface area contributed by atoms with Crippen LogP contribution in [-0.2, 0) is 4.74 Å². The number of hydrogen-bond acceptors (Lipinski definition) is 3. The highest BCUT2D eigenvalue weighted by molar-refractivity contribution is 5.91. The van der Waals surface area contributed by atoms with Gasteiger partial charge in [-0.3, -0.25) is 0 Å². The fraction of sp³-hybridized carbons (Fsp3) is 0.571.